The molecular weight excluding hydrogens is 144 g/mol. The molecule has 78 valence electrons. The van der Waals surface area contributed by atoms with Gasteiger partial charge in [-0.3, -0.25) is 0 Å². The van der Waals surface area contributed by atoms with E-state index in [4.69, 9.17) is 0 Å². The molecule has 0 saturated carbocycles. The summed E-state index contributed by atoms with van der Waals surface area (Å²) in [6, 6.07) is 0. The van der Waals surface area contributed by atoms with Gasteiger partial charge >= 0.3 is 0 Å². The highest BCUT2D eigenvalue weighted by Gasteiger charge is 1.85. The molecule has 0 spiro atoms. The van der Waals surface area contributed by atoms with Crippen LogP contribution >= 0.6 is 0 Å². The van der Waals surface area contributed by atoms with Crippen LogP contribution in [0.1, 0.15) is 61.3 Å². The summed E-state index contributed by atoms with van der Waals surface area (Å²) >= 11 is 0. The molecule has 0 rings (SSSR count). The standard InChI is InChI=1S/C6H14.2C2H6.C2H4/c1-4-5-6(2)3;3*1-2/h6H,4-5H2,1-3H3;2*1-2H3;1-2H2. The summed E-state index contributed by atoms with van der Waals surface area (Å²) in [6.07, 6.45) is 2.71. The van der Waals surface area contributed by atoms with Crippen LogP contribution in [-0.4, -0.2) is 0 Å². The quantitative estimate of drug-likeness (QED) is 0.498. The third-order valence-electron chi connectivity index (χ3n) is 0.866. The van der Waals surface area contributed by atoms with Gasteiger partial charge in [-0.1, -0.05) is 61.3 Å². The average molecular weight is 174 g/mol. The van der Waals surface area contributed by atoms with Crippen molar-refractivity contribution in [3.8, 4) is 0 Å². The Morgan fingerprint density at radius 1 is 0.917 bits per heavy atom. The first-order valence-corrected chi connectivity index (χ1v) is 5.27. The van der Waals surface area contributed by atoms with E-state index in [0.29, 0.717) is 0 Å². The lowest BCUT2D eigenvalue weighted by atomic mass is 10.1. The molecule has 0 nitrogen and oxygen atoms in total. The molecular formula is C12H30. The van der Waals surface area contributed by atoms with Crippen LogP contribution < -0.4 is 0 Å². The van der Waals surface area contributed by atoms with E-state index in [2.05, 4.69) is 33.9 Å². The van der Waals surface area contributed by atoms with Gasteiger partial charge in [0.25, 0.3) is 0 Å². The summed E-state index contributed by atoms with van der Waals surface area (Å²) in [5.41, 5.74) is 0. The molecule has 0 N–H and O–H groups in total. The zero-order valence-electron chi connectivity index (χ0n) is 10.4. The molecule has 0 aliphatic carbocycles. The Hall–Kier alpha value is -0.260. The summed E-state index contributed by atoms with van der Waals surface area (Å²) in [4.78, 5) is 0. The Labute approximate surface area is 81.1 Å². The first kappa shape index (κ1) is 22.6. The van der Waals surface area contributed by atoms with Crippen molar-refractivity contribution in [2.45, 2.75) is 61.3 Å². The van der Waals surface area contributed by atoms with Crippen molar-refractivity contribution in [1.29, 1.82) is 0 Å². The second kappa shape index (κ2) is 45.3. The Morgan fingerprint density at radius 2 is 1.17 bits per heavy atom. The van der Waals surface area contributed by atoms with Gasteiger partial charge in [0.2, 0.25) is 0 Å². The topological polar surface area (TPSA) is 0 Å². The van der Waals surface area contributed by atoms with Crippen LogP contribution in [0.2, 0.25) is 0 Å². The zero-order chi connectivity index (χ0) is 11.0. The van der Waals surface area contributed by atoms with Crippen molar-refractivity contribution in [3.05, 3.63) is 13.2 Å². The Kier molecular flexibility index (Phi) is 85.4. The van der Waals surface area contributed by atoms with Crippen molar-refractivity contribution in [2.24, 2.45) is 5.92 Å². The molecule has 0 amide bonds. The Balaban J connectivity index is -0.0000000453. The minimum atomic E-state index is 0.898. The van der Waals surface area contributed by atoms with Gasteiger partial charge in [-0.05, 0) is 5.92 Å². The third kappa shape index (κ3) is 99.1. The smallest absolute Gasteiger partial charge is 0.0471 e. The molecule has 0 atom stereocenters. The van der Waals surface area contributed by atoms with E-state index < -0.39 is 0 Å². The fourth-order valence-corrected chi connectivity index (χ4v) is 0.577. The summed E-state index contributed by atoms with van der Waals surface area (Å²) in [6.45, 7) is 20.7. The molecule has 12 heavy (non-hydrogen) atoms. The van der Waals surface area contributed by atoms with Gasteiger partial charge in [0, 0.05) is 0 Å². The fourth-order valence-electron chi connectivity index (χ4n) is 0.577. The maximum absolute atomic E-state index is 3.00. The molecule has 0 aromatic heterocycles. The summed E-state index contributed by atoms with van der Waals surface area (Å²) in [7, 11) is 0. The maximum atomic E-state index is 3.00. The van der Waals surface area contributed by atoms with Crippen LogP contribution in [0.5, 0.6) is 0 Å². The molecule has 0 saturated heterocycles. The van der Waals surface area contributed by atoms with Crippen LogP contribution in [0.4, 0.5) is 0 Å². The van der Waals surface area contributed by atoms with Gasteiger partial charge in [0.15, 0.2) is 0 Å². The highest BCUT2D eigenvalue weighted by molar-refractivity contribution is 4.38. The molecule has 0 aliphatic rings. The molecule has 0 aromatic rings. The predicted molar refractivity (Wildman–Crippen MR) is 63.7 cm³/mol. The largest absolute Gasteiger partial charge is 0.106 e. The fraction of sp³-hybridized carbons (Fsp3) is 0.833. The van der Waals surface area contributed by atoms with Gasteiger partial charge in [-0.25, -0.2) is 0 Å². The Morgan fingerprint density at radius 3 is 1.17 bits per heavy atom. The molecule has 0 aliphatic heterocycles. The van der Waals surface area contributed by atoms with E-state index in [1.807, 2.05) is 27.7 Å². The van der Waals surface area contributed by atoms with E-state index in [1.165, 1.54) is 12.8 Å². The van der Waals surface area contributed by atoms with Crippen LogP contribution in [-0.2, 0) is 0 Å². The summed E-state index contributed by atoms with van der Waals surface area (Å²) in [5, 5.41) is 0. The zero-order valence-corrected chi connectivity index (χ0v) is 10.4. The van der Waals surface area contributed by atoms with Crippen molar-refractivity contribution in [2.75, 3.05) is 0 Å². The van der Waals surface area contributed by atoms with E-state index >= 15 is 0 Å². The second-order valence-corrected chi connectivity index (χ2v) is 2.18. The number of rotatable bonds is 2. The average Bonchev–Trinajstić information content (AvgIpc) is 2.14. The van der Waals surface area contributed by atoms with Crippen LogP contribution in [0, 0.1) is 5.92 Å². The van der Waals surface area contributed by atoms with Crippen LogP contribution in [0.15, 0.2) is 13.2 Å². The first-order valence-electron chi connectivity index (χ1n) is 5.27. The van der Waals surface area contributed by atoms with Gasteiger partial charge in [-0.2, -0.15) is 0 Å². The lowest BCUT2D eigenvalue weighted by Gasteiger charge is -1.95. The minimum absolute atomic E-state index is 0.898. The number of hydrogen-bond donors (Lipinski definition) is 0. The predicted octanol–water partition coefficient (Wildman–Crippen LogP) is 5.30. The molecule has 0 fully saturated rings. The van der Waals surface area contributed by atoms with Gasteiger partial charge < -0.3 is 0 Å². The van der Waals surface area contributed by atoms with Crippen molar-refractivity contribution >= 4 is 0 Å². The van der Waals surface area contributed by atoms with Crippen molar-refractivity contribution < 1.29 is 0 Å². The SMILES string of the molecule is C=C.CC.CC.CCCC(C)C. The van der Waals surface area contributed by atoms with Crippen LogP contribution in [0.3, 0.4) is 0 Å². The van der Waals surface area contributed by atoms with E-state index in [0.717, 1.165) is 5.92 Å². The van der Waals surface area contributed by atoms with Gasteiger partial charge in [0.05, 0.1) is 0 Å². The van der Waals surface area contributed by atoms with E-state index in [9.17, 15) is 0 Å². The first-order chi connectivity index (χ1) is 5.77. The third-order valence-corrected chi connectivity index (χ3v) is 0.866. The highest BCUT2D eigenvalue weighted by atomic mass is 13.9. The lowest BCUT2D eigenvalue weighted by Crippen LogP contribution is -1.81. The van der Waals surface area contributed by atoms with Gasteiger partial charge in [0.1, 0.15) is 0 Å². The summed E-state index contributed by atoms with van der Waals surface area (Å²) in [5.74, 6) is 0.898. The summed E-state index contributed by atoms with van der Waals surface area (Å²) < 4.78 is 0. The maximum Gasteiger partial charge on any atom is -0.0471 e. The molecule has 0 unspecified atom stereocenters. The molecule has 0 heteroatoms. The molecule has 0 radical (unpaired) electrons. The lowest BCUT2D eigenvalue weighted by molar-refractivity contribution is 0.576. The van der Waals surface area contributed by atoms with E-state index in [-0.39, 0.29) is 0 Å². The molecule has 0 heterocycles. The number of hydrogen-bond acceptors (Lipinski definition) is 0. The van der Waals surface area contributed by atoms with Crippen molar-refractivity contribution in [3.63, 3.8) is 0 Å². The normalized spacial score (nSPS) is 6.33. The van der Waals surface area contributed by atoms with Crippen molar-refractivity contribution in [1.82, 2.24) is 0 Å². The minimum Gasteiger partial charge on any atom is -0.106 e. The molecule has 0 bridgehead atoms. The second-order valence-electron chi connectivity index (χ2n) is 2.18. The van der Waals surface area contributed by atoms with E-state index in [1.54, 1.807) is 0 Å². The molecule has 0 aromatic carbocycles. The van der Waals surface area contributed by atoms with Gasteiger partial charge in [-0.15, -0.1) is 13.2 Å². The monoisotopic (exact) mass is 174 g/mol. The highest BCUT2D eigenvalue weighted by Crippen LogP contribution is 2.00. The van der Waals surface area contributed by atoms with Crippen LogP contribution in [0.25, 0.3) is 0 Å². The Bertz CT molecular complexity index is 29.0.